The van der Waals surface area contributed by atoms with E-state index in [-0.39, 0.29) is 18.9 Å². The van der Waals surface area contributed by atoms with Crippen molar-refractivity contribution in [2.45, 2.75) is 118 Å². The summed E-state index contributed by atoms with van der Waals surface area (Å²) < 4.78 is 69.1. The predicted octanol–water partition coefficient (Wildman–Crippen LogP) is 7.02. The third-order valence-corrected chi connectivity index (χ3v) is 7.14. The number of ether oxygens (including phenoxy) is 9. The molecule has 0 aromatic carbocycles. The van der Waals surface area contributed by atoms with E-state index in [1.54, 1.807) is 0 Å². The normalized spacial score (nSPS) is 14.5. The first-order valence-electron chi connectivity index (χ1n) is 17.8. The first kappa shape index (κ1) is 46.0. The van der Waals surface area contributed by atoms with Crippen LogP contribution in [0.25, 0.3) is 0 Å². The van der Waals surface area contributed by atoms with E-state index in [9.17, 15) is 0 Å². The molecular weight excluding hydrogens is 619 g/mol. The molecule has 46 heavy (non-hydrogen) atoms. The molecular formula is C33H69O12P. The summed E-state index contributed by atoms with van der Waals surface area (Å²) >= 11 is 0. The second-order valence-electron chi connectivity index (χ2n) is 10.3. The van der Waals surface area contributed by atoms with E-state index in [1.165, 1.54) is 0 Å². The van der Waals surface area contributed by atoms with Gasteiger partial charge < -0.3 is 56.2 Å². The summed E-state index contributed by atoms with van der Waals surface area (Å²) in [6, 6.07) is 0. The van der Waals surface area contributed by atoms with Gasteiger partial charge in [0.15, 0.2) is 18.9 Å². The highest BCUT2D eigenvalue weighted by Gasteiger charge is 2.14. The van der Waals surface area contributed by atoms with Gasteiger partial charge in [-0.25, -0.2) is 0 Å². The van der Waals surface area contributed by atoms with Crippen LogP contribution in [0.15, 0.2) is 0 Å². The zero-order chi connectivity index (χ0) is 33.8. The largest absolute Gasteiger partial charge is 0.381 e. The van der Waals surface area contributed by atoms with Gasteiger partial charge in [-0.1, -0.05) is 20.8 Å². The summed E-state index contributed by atoms with van der Waals surface area (Å²) in [4.78, 5) is 0. The molecule has 0 N–H and O–H groups in total. The fourth-order valence-electron chi connectivity index (χ4n) is 3.81. The second-order valence-corrected chi connectivity index (χ2v) is 11.5. The lowest BCUT2D eigenvalue weighted by Crippen LogP contribution is -2.20. The highest BCUT2D eigenvalue weighted by atomic mass is 31.2. The van der Waals surface area contributed by atoms with Gasteiger partial charge in [-0.2, -0.15) is 0 Å². The maximum Gasteiger partial charge on any atom is 0.332 e. The van der Waals surface area contributed by atoms with E-state index < -0.39 is 8.60 Å². The molecule has 13 heteroatoms. The Balaban J connectivity index is 4.35. The number of hydrogen-bond donors (Lipinski definition) is 0. The SMILES string of the molecule is CCCOC(CCOCCCOP(OCCCOCCC(OCC)OCCC)OCCCOCCC(OCC)OCCC)OCC. The van der Waals surface area contributed by atoms with Crippen LogP contribution in [0.4, 0.5) is 0 Å². The molecule has 0 aliphatic rings. The molecule has 0 aliphatic carbocycles. The van der Waals surface area contributed by atoms with Crippen molar-refractivity contribution in [3.05, 3.63) is 0 Å². The molecule has 0 aromatic heterocycles. The lowest BCUT2D eigenvalue weighted by molar-refractivity contribution is -0.150. The summed E-state index contributed by atoms with van der Waals surface area (Å²) in [6.07, 6.45) is 6.53. The van der Waals surface area contributed by atoms with Crippen molar-refractivity contribution < 1.29 is 56.2 Å². The molecule has 0 amide bonds. The molecule has 0 aliphatic heterocycles. The van der Waals surface area contributed by atoms with Crippen molar-refractivity contribution in [3.63, 3.8) is 0 Å². The van der Waals surface area contributed by atoms with E-state index in [2.05, 4.69) is 20.8 Å². The number of rotatable bonds is 39. The molecule has 0 rings (SSSR count). The van der Waals surface area contributed by atoms with Crippen LogP contribution in [0.3, 0.4) is 0 Å². The van der Waals surface area contributed by atoms with Gasteiger partial charge in [0.25, 0.3) is 0 Å². The third-order valence-electron chi connectivity index (χ3n) is 5.96. The van der Waals surface area contributed by atoms with E-state index in [0.29, 0.717) is 118 Å². The van der Waals surface area contributed by atoms with Gasteiger partial charge in [0.05, 0.1) is 39.6 Å². The van der Waals surface area contributed by atoms with Gasteiger partial charge in [-0.05, 0) is 59.3 Å². The average molecular weight is 689 g/mol. The van der Waals surface area contributed by atoms with Crippen LogP contribution in [-0.2, 0) is 56.2 Å². The summed E-state index contributed by atoms with van der Waals surface area (Å²) in [6.45, 7) is 20.9. The Morgan fingerprint density at radius 3 is 0.913 bits per heavy atom. The van der Waals surface area contributed by atoms with E-state index in [0.717, 1.165) is 38.5 Å². The minimum atomic E-state index is -1.49. The Bertz CT molecular complexity index is 505. The predicted molar refractivity (Wildman–Crippen MR) is 180 cm³/mol. The zero-order valence-corrected chi connectivity index (χ0v) is 30.9. The van der Waals surface area contributed by atoms with Crippen molar-refractivity contribution >= 4 is 8.60 Å². The molecule has 3 unspecified atom stereocenters. The van der Waals surface area contributed by atoms with E-state index in [4.69, 9.17) is 56.2 Å². The van der Waals surface area contributed by atoms with Crippen LogP contribution in [0, 0.1) is 0 Å². The van der Waals surface area contributed by atoms with Gasteiger partial charge in [-0.3, -0.25) is 0 Å². The summed E-state index contributed by atoms with van der Waals surface area (Å²) in [7, 11) is -1.49. The first-order chi connectivity index (χ1) is 22.6. The average Bonchev–Trinajstić information content (AvgIpc) is 3.06. The second kappa shape index (κ2) is 37.8. The molecule has 0 radical (unpaired) electrons. The highest BCUT2D eigenvalue weighted by molar-refractivity contribution is 7.41. The van der Waals surface area contributed by atoms with Crippen LogP contribution >= 0.6 is 8.60 Å². The van der Waals surface area contributed by atoms with Crippen LogP contribution in [-0.4, -0.2) is 118 Å². The summed E-state index contributed by atoms with van der Waals surface area (Å²) in [5.41, 5.74) is 0. The van der Waals surface area contributed by atoms with Crippen LogP contribution in [0.2, 0.25) is 0 Å². The summed E-state index contributed by atoms with van der Waals surface area (Å²) in [5.74, 6) is 0. The summed E-state index contributed by atoms with van der Waals surface area (Å²) in [5, 5.41) is 0. The molecule has 278 valence electrons. The zero-order valence-electron chi connectivity index (χ0n) is 30.0. The quantitative estimate of drug-likeness (QED) is 0.0376. The Morgan fingerprint density at radius 1 is 0.348 bits per heavy atom. The van der Waals surface area contributed by atoms with Crippen molar-refractivity contribution in [1.29, 1.82) is 0 Å². The molecule has 0 bridgehead atoms. The van der Waals surface area contributed by atoms with Crippen molar-refractivity contribution in [2.75, 3.05) is 99.1 Å². The molecule has 0 fully saturated rings. The van der Waals surface area contributed by atoms with Gasteiger partial charge in [0.2, 0.25) is 0 Å². The van der Waals surface area contributed by atoms with Crippen molar-refractivity contribution in [1.82, 2.24) is 0 Å². The van der Waals surface area contributed by atoms with E-state index in [1.807, 2.05) is 20.8 Å². The van der Waals surface area contributed by atoms with Gasteiger partial charge >= 0.3 is 8.60 Å². The van der Waals surface area contributed by atoms with Crippen molar-refractivity contribution in [3.8, 4) is 0 Å². The molecule has 0 spiro atoms. The highest BCUT2D eigenvalue weighted by Crippen LogP contribution is 2.40. The smallest absolute Gasteiger partial charge is 0.332 e. The Morgan fingerprint density at radius 2 is 0.652 bits per heavy atom. The third kappa shape index (κ3) is 31.2. The van der Waals surface area contributed by atoms with Crippen LogP contribution in [0.5, 0.6) is 0 Å². The van der Waals surface area contributed by atoms with Gasteiger partial charge in [-0.15, -0.1) is 0 Å². The van der Waals surface area contributed by atoms with Crippen molar-refractivity contribution in [2.24, 2.45) is 0 Å². The minimum Gasteiger partial charge on any atom is -0.381 e. The maximum atomic E-state index is 5.95. The first-order valence-corrected chi connectivity index (χ1v) is 18.9. The molecule has 3 atom stereocenters. The Hall–Kier alpha value is -0.0500. The topological polar surface area (TPSA) is 111 Å². The maximum absolute atomic E-state index is 5.95. The molecule has 12 nitrogen and oxygen atoms in total. The van der Waals surface area contributed by atoms with Crippen LogP contribution < -0.4 is 0 Å². The van der Waals surface area contributed by atoms with Gasteiger partial charge in [0, 0.05) is 78.7 Å². The lowest BCUT2D eigenvalue weighted by atomic mass is 10.4. The lowest BCUT2D eigenvalue weighted by Gasteiger charge is -2.19. The minimum absolute atomic E-state index is 0.218. The number of hydrogen-bond acceptors (Lipinski definition) is 12. The molecule has 0 heterocycles. The standard InChI is InChI=1S/C33H69O12P/c1-7-19-40-31(37-10-4)16-28-34-22-13-25-43-46(44-26-14-23-35-29-17-32(38-11-5)41-20-8-2)45-27-15-24-36-30-18-33(39-12-6)42-21-9-3/h31-33H,7-30H2,1-6H3. The van der Waals surface area contributed by atoms with Gasteiger partial charge in [0.1, 0.15) is 0 Å². The monoisotopic (exact) mass is 688 g/mol. The molecule has 0 saturated heterocycles. The Kier molecular flexibility index (Phi) is 37.7. The molecule has 0 aromatic rings. The fourth-order valence-corrected chi connectivity index (χ4v) is 4.86. The molecule has 0 saturated carbocycles. The fraction of sp³-hybridized carbons (Fsp3) is 1.00. The van der Waals surface area contributed by atoms with E-state index >= 15 is 0 Å². The Labute approximate surface area is 282 Å². The van der Waals surface area contributed by atoms with Crippen LogP contribution in [0.1, 0.15) is 99.3 Å².